The van der Waals surface area contributed by atoms with E-state index < -0.39 is 5.54 Å². The van der Waals surface area contributed by atoms with Crippen molar-refractivity contribution in [3.05, 3.63) is 0 Å². The normalized spacial score (nSPS) is 20.3. The zero-order chi connectivity index (χ0) is 13.9. The predicted octanol–water partition coefficient (Wildman–Crippen LogP) is 1.77. The smallest absolute Gasteiger partial charge is 0.235 e. The average Bonchev–Trinajstić information content (AvgIpc) is 3.11. The van der Waals surface area contributed by atoms with Crippen LogP contribution in [0.1, 0.15) is 40.5 Å². The second kappa shape index (κ2) is 5.71. The van der Waals surface area contributed by atoms with Crippen molar-refractivity contribution in [1.82, 2.24) is 10.2 Å². The van der Waals surface area contributed by atoms with Crippen molar-refractivity contribution < 1.29 is 4.79 Å². The summed E-state index contributed by atoms with van der Waals surface area (Å²) in [5.41, 5.74) is -0.777. The molecule has 2 atom stereocenters. The Labute approximate surface area is 110 Å². The van der Waals surface area contributed by atoms with Gasteiger partial charge >= 0.3 is 0 Å². The molecule has 0 heterocycles. The van der Waals surface area contributed by atoms with E-state index in [9.17, 15) is 4.79 Å². The lowest BCUT2D eigenvalue weighted by atomic mass is 9.90. The molecule has 0 spiro atoms. The molecule has 0 radical (unpaired) electrons. The standard InChI is InChI=1S/C14H25N3O/c1-10(2)14(4,9-15)16-13(18)8-17(5)11(3)12-6-7-12/h10-12H,6-8H2,1-5H3,(H,16,18)/t11-,14+/m0/s1. The monoisotopic (exact) mass is 251 g/mol. The van der Waals surface area contributed by atoms with Gasteiger partial charge in [0.25, 0.3) is 0 Å². The number of hydrogen-bond acceptors (Lipinski definition) is 3. The van der Waals surface area contributed by atoms with E-state index in [4.69, 9.17) is 5.26 Å². The summed E-state index contributed by atoms with van der Waals surface area (Å²) in [5, 5.41) is 12.0. The Bertz CT molecular complexity index is 343. The average molecular weight is 251 g/mol. The van der Waals surface area contributed by atoms with Gasteiger partial charge in [0.2, 0.25) is 5.91 Å². The lowest BCUT2D eigenvalue weighted by molar-refractivity contribution is -0.124. The van der Waals surface area contributed by atoms with Gasteiger partial charge in [-0.25, -0.2) is 0 Å². The number of likely N-dealkylation sites (N-methyl/N-ethyl adjacent to an activating group) is 1. The maximum Gasteiger partial charge on any atom is 0.235 e. The van der Waals surface area contributed by atoms with Crippen LogP contribution in [0, 0.1) is 23.2 Å². The quantitative estimate of drug-likeness (QED) is 0.782. The summed E-state index contributed by atoms with van der Waals surface area (Å²) < 4.78 is 0. The van der Waals surface area contributed by atoms with Crippen molar-refractivity contribution >= 4 is 5.91 Å². The van der Waals surface area contributed by atoms with Crippen LogP contribution in [0.4, 0.5) is 0 Å². The molecule has 18 heavy (non-hydrogen) atoms. The fraction of sp³-hybridized carbons (Fsp3) is 0.857. The molecule has 1 saturated carbocycles. The summed E-state index contributed by atoms with van der Waals surface area (Å²) in [7, 11) is 1.97. The van der Waals surface area contributed by atoms with E-state index in [1.807, 2.05) is 20.9 Å². The third kappa shape index (κ3) is 3.71. The third-order valence-corrected chi connectivity index (χ3v) is 4.18. The summed E-state index contributed by atoms with van der Waals surface area (Å²) in [6, 6.07) is 2.64. The van der Waals surface area contributed by atoms with Crippen molar-refractivity contribution in [3.8, 4) is 6.07 Å². The van der Waals surface area contributed by atoms with Crippen molar-refractivity contribution in [2.45, 2.75) is 52.1 Å². The van der Waals surface area contributed by atoms with E-state index >= 15 is 0 Å². The van der Waals surface area contributed by atoms with Crippen LogP contribution in [-0.4, -0.2) is 36.0 Å². The van der Waals surface area contributed by atoms with Gasteiger partial charge in [0.1, 0.15) is 5.54 Å². The van der Waals surface area contributed by atoms with Crippen LogP contribution >= 0.6 is 0 Å². The minimum atomic E-state index is -0.777. The molecule has 1 aliphatic carbocycles. The van der Waals surface area contributed by atoms with Crippen LogP contribution < -0.4 is 5.32 Å². The molecule has 1 rings (SSSR count). The first-order valence-electron chi connectivity index (χ1n) is 6.72. The molecular weight excluding hydrogens is 226 g/mol. The first kappa shape index (κ1) is 15.0. The Balaban J connectivity index is 2.48. The highest BCUT2D eigenvalue weighted by Gasteiger charge is 2.33. The van der Waals surface area contributed by atoms with Crippen LogP contribution in [0.25, 0.3) is 0 Å². The minimum Gasteiger partial charge on any atom is -0.337 e. The minimum absolute atomic E-state index is 0.0669. The van der Waals surface area contributed by atoms with Gasteiger partial charge in [-0.3, -0.25) is 9.69 Å². The molecule has 1 amide bonds. The first-order chi connectivity index (χ1) is 8.30. The number of nitriles is 1. The van der Waals surface area contributed by atoms with Crippen LogP contribution in [-0.2, 0) is 4.79 Å². The molecule has 0 aromatic carbocycles. The molecule has 4 heteroatoms. The molecule has 1 fully saturated rings. The number of hydrogen-bond donors (Lipinski definition) is 1. The molecule has 0 unspecified atom stereocenters. The number of carbonyl (C=O) groups is 1. The van der Waals surface area contributed by atoms with E-state index in [1.165, 1.54) is 12.8 Å². The summed E-state index contributed by atoms with van der Waals surface area (Å²) in [4.78, 5) is 14.1. The van der Waals surface area contributed by atoms with Gasteiger partial charge in [-0.05, 0) is 45.6 Å². The predicted molar refractivity (Wildman–Crippen MR) is 71.8 cm³/mol. The zero-order valence-corrected chi connectivity index (χ0v) is 12.2. The largest absolute Gasteiger partial charge is 0.337 e. The Morgan fingerprint density at radius 1 is 1.50 bits per heavy atom. The summed E-state index contributed by atoms with van der Waals surface area (Å²) in [6.45, 7) is 8.19. The topological polar surface area (TPSA) is 56.1 Å². The summed E-state index contributed by atoms with van der Waals surface area (Å²) in [5.74, 6) is 0.774. The van der Waals surface area contributed by atoms with Crippen LogP contribution in [0.2, 0.25) is 0 Å². The van der Waals surface area contributed by atoms with Gasteiger partial charge in [-0.15, -0.1) is 0 Å². The maximum atomic E-state index is 12.0. The van der Waals surface area contributed by atoms with E-state index in [1.54, 1.807) is 6.92 Å². The molecule has 0 aliphatic heterocycles. The van der Waals surface area contributed by atoms with Crippen LogP contribution in [0.3, 0.4) is 0 Å². The first-order valence-corrected chi connectivity index (χ1v) is 6.72. The molecule has 102 valence electrons. The van der Waals surface area contributed by atoms with Crippen LogP contribution in [0.15, 0.2) is 0 Å². The van der Waals surface area contributed by atoms with Gasteiger partial charge in [0.15, 0.2) is 0 Å². The fourth-order valence-corrected chi connectivity index (χ4v) is 1.94. The molecule has 0 bridgehead atoms. The van der Waals surface area contributed by atoms with Crippen molar-refractivity contribution in [2.75, 3.05) is 13.6 Å². The SMILES string of the molecule is CC(C)[C@@](C)(C#N)NC(=O)CN(C)[C@@H](C)C1CC1. The molecule has 1 N–H and O–H groups in total. The van der Waals surface area contributed by atoms with Crippen LogP contribution in [0.5, 0.6) is 0 Å². The van der Waals surface area contributed by atoms with Gasteiger partial charge in [-0.2, -0.15) is 5.26 Å². The third-order valence-electron chi connectivity index (χ3n) is 4.18. The highest BCUT2D eigenvalue weighted by Crippen LogP contribution is 2.34. The highest BCUT2D eigenvalue weighted by molar-refractivity contribution is 5.79. The highest BCUT2D eigenvalue weighted by atomic mass is 16.2. The number of nitrogens with one attached hydrogen (secondary N) is 1. The number of rotatable bonds is 6. The lowest BCUT2D eigenvalue weighted by Gasteiger charge is -2.30. The maximum absolute atomic E-state index is 12.0. The summed E-state index contributed by atoms with van der Waals surface area (Å²) >= 11 is 0. The number of amides is 1. The number of carbonyl (C=O) groups excluding carboxylic acids is 1. The molecule has 0 aromatic heterocycles. The van der Waals surface area contributed by atoms with Crippen molar-refractivity contribution in [3.63, 3.8) is 0 Å². The van der Waals surface area contributed by atoms with Crippen molar-refractivity contribution in [1.29, 1.82) is 5.26 Å². The van der Waals surface area contributed by atoms with E-state index in [0.29, 0.717) is 12.6 Å². The van der Waals surface area contributed by atoms with E-state index in [2.05, 4.69) is 23.2 Å². The van der Waals surface area contributed by atoms with E-state index in [0.717, 1.165) is 5.92 Å². The Kier molecular flexibility index (Phi) is 4.75. The van der Waals surface area contributed by atoms with Gasteiger partial charge in [0, 0.05) is 6.04 Å². The van der Waals surface area contributed by atoms with E-state index in [-0.39, 0.29) is 11.8 Å². The second-order valence-corrected chi connectivity index (χ2v) is 6.01. The molecule has 1 aliphatic rings. The molecule has 0 saturated heterocycles. The lowest BCUT2D eigenvalue weighted by Crippen LogP contribution is -2.52. The molecule has 0 aromatic rings. The second-order valence-electron chi connectivity index (χ2n) is 6.01. The van der Waals surface area contributed by atoms with Crippen molar-refractivity contribution in [2.24, 2.45) is 11.8 Å². The Morgan fingerprint density at radius 3 is 2.44 bits per heavy atom. The molecular formula is C14H25N3O. The van der Waals surface area contributed by atoms with Gasteiger partial charge in [-0.1, -0.05) is 13.8 Å². The summed E-state index contributed by atoms with van der Waals surface area (Å²) in [6.07, 6.45) is 2.55. The zero-order valence-electron chi connectivity index (χ0n) is 12.2. The number of nitrogens with zero attached hydrogens (tertiary/aromatic N) is 2. The Morgan fingerprint density at radius 2 is 2.06 bits per heavy atom. The van der Waals surface area contributed by atoms with Gasteiger partial charge < -0.3 is 5.32 Å². The fourth-order valence-electron chi connectivity index (χ4n) is 1.94. The Hall–Kier alpha value is -1.08. The van der Waals surface area contributed by atoms with Gasteiger partial charge in [0.05, 0.1) is 12.6 Å². The molecule has 4 nitrogen and oxygen atoms in total.